The highest BCUT2D eigenvalue weighted by molar-refractivity contribution is 7.13. The summed E-state index contributed by atoms with van der Waals surface area (Å²) in [5.41, 5.74) is 3.36. The van der Waals surface area contributed by atoms with Gasteiger partial charge in [0.25, 0.3) is 0 Å². The number of nitrogens with zero attached hydrogens (tertiary/aromatic N) is 6. The number of rotatable bonds is 16. The SMILES string of the molecule is Cc1c(-c2c(-c3cccc(F)c3)ncc3snc(O[C@H](Cc4ccccc4OCc4ccnc(OCC(F)(F)F)n4)C(=O)O)c23)ccc(OCCN2CCN(C)CC2)c1Cl. The number of carbonyl (C=O) groups is 1. The smallest absolute Gasteiger partial charge is 0.422 e. The van der Waals surface area contributed by atoms with Crippen molar-refractivity contribution < 1.29 is 46.4 Å². The lowest BCUT2D eigenvalue weighted by atomic mass is 9.93. The maximum atomic E-state index is 14.7. The Morgan fingerprint density at radius 2 is 1.78 bits per heavy atom. The average molecular weight is 867 g/mol. The quantitative estimate of drug-likeness (QED) is 0.0943. The topological polar surface area (TPSA) is 132 Å². The van der Waals surface area contributed by atoms with Gasteiger partial charge in [0.15, 0.2) is 6.61 Å². The number of pyridine rings is 1. The van der Waals surface area contributed by atoms with E-state index in [1.165, 1.54) is 24.4 Å². The lowest BCUT2D eigenvalue weighted by Crippen LogP contribution is -2.45. The summed E-state index contributed by atoms with van der Waals surface area (Å²) in [6.45, 7) is 5.17. The van der Waals surface area contributed by atoms with E-state index >= 15 is 0 Å². The van der Waals surface area contributed by atoms with Crippen LogP contribution in [0.3, 0.4) is 0 Å². The number of ether oxygens (including phenoxy) is 4. The standard InChI is InChI=1S/C42H39ClF4N6O6S/c1-25-30(10-11-32(37(25)43)56-19-18-53-16-14-52(2)15-17-53)35-36-34(22-49-38(35)27-7-5-8-28(44)20-27)60-51-39(36)59-33(40(54)55)21-26-6-3-4-9-31(26)57-23-29-12-13-48-41(50-29)58-24-42(45,46)47/h3-13,20,22,33H,14-19,21,23-24H2,1-2H3,(H,54,55)/t33-/m1/s1. The Kier molecular flexibility index (Phi) is 13.3. The normalized spacial score (nSPS) is 14.2. The van der Waals surface area contributed by atoms with Crippen LogP contribution in [0.1, 0.15) is 16.8 Å². The molecule has 0 unspecified atom stereocenters. The number of likely N-dealkylation sites (N-methyl/N-ethyl adjacent to an activating group) is 1. The molecule has 4 heterocycles. The van der Waals surface area contributed by atoms with Crippen LogP contribution in [0.5, 0.6) is 23.4 Å². The van der Waals surface area contributed by atoms with Crippen LogP contribution in [0.15, 0.2) is 79.1 Å². The minimum absolute atomic E-state index is 0.0197. The first-order chi connectivity index (χ1) is 28.8. The largest absolute Gasteiger partial charge is 0.491 e. The minimum Gasteiger partial charge on any atom is -0.491 e. The number of fused-ring (bicyclic) bond motifs is 1. The number of para-hydroxylation sites is 1. The number of carboxylic acid groups (broad SMARTS) is 1. The molecule has 1 fully saturated rings. The highest BCUT2D eigenvalue weighted by Gasteiger charge is 2.30. The predicted octanol–water partition coefficient (Wildman–Crippen LogP) is 8.14. The molecular formula is C42H39ClF4N6O6S. The summed E-state index contributed by atoms with van der Waals surface area (Å²) in [5.74, 6) is -0.944. The maximum absolute atomic E-state index is 14.7. The van der Waals surface area contributed by atoms with Gasteiger partial charge < -0.3 is 29.0 Å². The average Bonchev–Trinajstić information content (AvgIpc) is 3.64. The number of hydrogen-bond acceptors (Lipinski definition) is 12. The van der Waals surface area contributed by atoms with Crippen molar-refractivity contribution in [3.63, 3.8) is 0 Å². The van der Waals surface area contributed by atoms with Gasteiger partial charge in [0.1, 0.15) is 30.5 Å². The van der Waals surface area contributed by atoms with E-state index in [-0.39, 0.29) is 24.6 Å². The third-order valence-corrected chi connectivity index (χ3v) is 11.0. The van der Waals surface area contributed by atoms with Crippen molar-refractivity contribution in [3.05, 3.63) is 107 Å². The van der Waals surface area contributed by atoms with E-state index in [1.807, 2.05) is 13.0 Å². The molecule has 0 amide bonds. The minimum atomic E-state index is -4.57. The maximum Gasteiger partial charge on any atom is 0.422 e. The molecule has 6 aromatic rings. The summed E-state index contributed by atoms with van der Waals surface area (Å²) in [7, 11) is 2.10. The molecule has 1 atom stereocenters. The van der Waals surface area contributed by atoms with Crippen molar-refractivity contribution in [1.82, 2.24) is 29.1 Å². The number of piperazine rings is 1. The Morgan fingerprint density at radius 3 is 2.55 bits per heavy atom. The Balaban J connectivity index is 1.17. The summed E-state index contributed by atoms with van der Waals surface area (Å²) >= 11 is 8.06. The fraction of sp³-hybridized carbons (Fsp3) is 0.310. The monoisotopic (exact) mass is 866 g/mol. The molecule has 1 N–H and O–H groups in total. The molecule has 12 nitrogen and oxygen atoms in total. The molecule has 18 heteroatoms. The molecule has 7 rings (SSSR count). The van der Waals surface area contributed by atoms with Gasteiger partial charge in [0.2, 0.25) is 12.0 Å². The summed E-state index contributed by atoms with van der Waals surface area (Å²) < 4.78 is 80.8. The Labute approximate surface area is 351 Å². The van der Waals surface area contributed by atoms with Gasteiger partial charge in [0.05, 0.1) is 26.5 Å². The first-order valence-electron chi connectivity index (χ1n) is 18.8. The second-order valence-electron chi connectivity index (χ2n) is 14.0. The van der Waals surface area contributed by atoms with E-state index < -0.39 is 36.7 Å². The van der Waals surface area contributed by atoms with Gasteiger partial charge in [-0.15, -0.1) is 0 Å². The number of aromatic nitrogens is 4. The van der Waals surface area contributed by atoms with Crippen LogP contribution in [-0.2, 0) is 17.8 Å². The molecule has 3 aromatic heterocycles. The molecule has 1 aliphatic heterocycles. The van der Waals surface area contributed by atoms with Crippen LogP contribution in [0.25, 0.3) is 32.5 Å². The third kappa shape index (κ3) is 10.4. The van der Waals surface area contributed by atoms with Crippen LogP contribution >= 0.6 is 23.1 Å². The van der Waals surface area contributed by atoms with E-state index in [4.69, 9.17) is 30.8 Å². The van der Waals surface area contributed by atoms with Crippen molar-refractivity contribution in [1.29, 1.82) is 0 Å². The van der Waals surface area contributed by atoms with Gasteiger partial charge in [-0.1, -0.05) is 48.0 Å². The van der Waals surface area contributed by atoms with Crippen molar-refractivity contribution >= 4 is 39.2 Å². The van der Waals surface area contributed by atoms with Crippen molar-refractivity contribution in [2.24, 2.45) is 0 Å². The molecule has 1 aliphatic rings. The van der Waals surface area contributed by atoms with Gasteiger partial charge in [-0.05, 0) is 72.5 Å². The van der Waals surface area contributed by atoms with Gasteiger partial charge in [-0.3, -0.25) is 9.88 Å². The van der Waals surface area contributed by atoms with Gasteiger partial charge >= 0.3 is 18.2 Å². The fourth-order valence-corrected chi connectivity index (χ4v) is 7.57. The lowest BCUT2D eigenvalue weighted by molar-refractivity contribution is -0.154. The highest BCUT2D eigenvalue weighted by atomic mass is 35.5. The van der Waals surface area contributed by atoms with Gasteiger partial charge in [0, 0.05) is 62.7 Å². The number of halogens is 5. The molecule has 3 aromatic carbocycles. The molecule has 314 valence electrons. The molecule has 60 heavy (non-hydrogen) atoms. The van der Waals surface area contributed by atoms with Crippen molar-refractivity contribution in [2.45, 2.75) is 32.2 Å². The molecule has 1 saturated heterocycles. The van der Waals surface area contributed by atoms with E-state index in [0.717, 1.165) is 44.3 Å². The number of benzene rings is 3. The number of aliphatic carboxylic acids is 1. The van der Waals surface area contributed by atoms with Crippen molar-refractivity contribution in [3.8, 4) is 45.8 Å². The zero-order valence-corrected chi connectivity index (χ0v) is 34.0. The molecule has 0 radical (unpaired) electrons. The summed E-state index contributed by atoms with van der Waals surface area (Å²) in [5, 5.41) is 11.3. The first-order valence-corrected chi connectivity index (χ1v) is 20.0. The molecule has 0 spiro atoms. The Hall–Kier alpha value is -5.62. The predicted molar refractivity (Wildman–Crippen MR) is 218 cm³/mol. The van der Waals surface area contributed by atoms with Crippen LogP contribution in [0.4, 0.5) is 17.6 Å². The summed E-state index contributed by atoms with van der Waals surface area (Å²) in [6.07, 6.45) is -3.38. The fourth-order valence-electron chi connectivity index (χ4n) is 6.66. The van der Waals surface area contributed by atoms with E-state index in [9.17, 15) is 27.5 Å². The second-order valence-corrected chi connectivity index (χ2v) is 15.2. The summed E-state index contributed by atoms with van der Waals surface area (Å²) in [4.78, 5) is 29.9. The molecular weight excluding hydrogens is 828 g/mol. The molecule has 0 bridgehead atoms. The highest BCUT2D eigenvalue weighted by Crippen LogP contribution is 2.46. The lowest BCUT2D eigenvalue weighted by Gasteiger charge is -2.32. The van der Waals surface area contributed by atoms with Crippen LogP contribution in [-0.4, -0.2) is 105 Å². The van der Waals surface area contributed by atoms with Crippen LogP contribution in [0, 0.1) is 12.7 Å². The second kappa shape index (κ2) is 18.8. The third-order valence-electron chi connectivity index (χ3n) is 9.80. The Bertz CT molecular complexity index is 2470. The molecule has 0 aliphatic carbocycles. The Morgan fingerprint density at radius 1 is 0.983 bits per heavy atom. The molecule has 0 saturated carbocycles. The van der Waals surface area contributed by atoms with Crippen molar-refractivity contribution in [2.75, 3.05) is 53.0 Å². The number of alkyl halides is 3. The zero-order chi connectivity index (χ0) is 42.4. The van der Waals surface area contributed by atoms with E-state index in [1.54, 1.807) is 48.7 Å². The van der Waals surface area contributed by atoms with Gasteiger partial charge in [-0.2, -0.15) is 22.5 Å². The number of hydrogen-bond donors (Lipinski definition) is 1. The van der Waals surface area contributed by atoms with Gasteiger partial charge in [-0.25, -0.2) is 14.2 Å². The van der Waals surface area contributed by atoms with E-state index in [2.05, 4.69) is 35.9 Å². The zero-order valence-electron chi connectivity index (χ0n) is 32.4. The van der Waals surface area contributed by atoms with Crippen LogP contribution in [0.2, 0.25) is 5.02 Å². The summed E-state index contributed by atoms with van der Waals surface area (Å²) in [6, 6.07) is 17.3. The van der Waals surface area contributed by atoms with Crippen LogP contribution < -0.4 is 18.9 Å². The van der Waals surface area contributed by atoms with E-state index in [0.29, 0.717) is 66.7 Å². The first kappa shape index (κ1) is 42.5. The number of carboxylic acids is 1.